The highest BCUT2D eigenvalue weighted by Gasteiger charge is 2.42. The second-order valence-corrected chi connectivity index (χ2v) is 6.78. The Morgan fingerprint density at radius 1 is 1.46 bits per heavy atom. The van der Waals surface area contributed by atoms with Gasteiger partial charge in [-0.1, -0.05) is 20.3 Å². The van der Waals surface area contributed by atoms with Crippen molar-refractivity contribution in [3.63, 3.8) is 0 Å². The first-order chi connectivity index (χ1) is 11.5. The van der Waals surface area contributed by atoms with Gasteiger partial charge in [0.15, 0.2) is 0 Å². The largest absolute Gasteiger partial charge is 0.477 e. The summed E-state index contributed by atoms with van der Waals surface area (Å²) in [7, 11) is 0. The number of pyridine rings is 1. The van der Waals surface area contributed by atoms with Crippen LogP contribution in [-0.4, -0.2) is 29.7 Å². The molecule has 0 spiro atoms. The molecular formula is C19H30N2O3. The van der Waals surface area contributed by atoms with E-state index in [2.05, 4.69) is 24.1 Å². The average Bonchev–Trinajstić information content (AvgIpc) is 2.54. The first kappa shape index (κ1) is 18.7. The van der Waals surface area contributed by atoms with Crippen molar-refractivity contribution in [3.8, 4) is 5.88 Å². The van der Waals surface area contributed by atoms with Crippen LogP contribution in [0.5, 0.6) is 5.88 Å². The number of hydrogen-bond acceptors (Lipinski definition) is 4. The Labute approximate surface area is 145 Å². The standard InChI is InChI=1S/C19H30N2O3/c1-5-10-23-17-15(4)11-16(13-20-17)21-18(22)19(24-6-2)9-7-8-14(3)12-19/h11,13-14H,5-10,12H2,1-4H3,(H,21,22)/t14-,19-/m1/s1. The summed E-state index contributed by atoms with van der Waals surface area (Å²) in [6.07, 6.45) is 6.33. The summed E-state index contributed by atoms with van der Waals surface area (Å²) >= 11 is 0. The maximum Gasteiger partial charge on any atom is 0.256 e. The Kier molecular flexibility index (Phi) is 6.60. The average molecular weight is 334 g/mol. The molecule has 24 heavy (non-hydrogen) atoms. The first-order valence-corrected chi connectivity index (χ1v) is 9.05. The maximum absolute atomic E-state index is 12.9. The van der Waals surface area contributed by atoms with Gasteiger partial charge in [-0.05, 0) is 51.5 Å². The zero-order chi connectivity index (χ0) is 17.6. The lowest BCUT2D eigenvalue weighted by Gasteiger charge is -2.38. The van der Waals surface area contributed by atoms with Crippen LogP contribution in [0.1, 0.15) is 58.4 Å². The van der Waals surface area contributed by atoms with Crippen LogP contribution in [0.25, 0.3) is 0 Å². The van der Waals surface area contributed by atoms with Gasteiger partial charge in [0.1, 0.15) is 5.60 Å². The third kappa shape index (κ3) is 4.47. The minimum absolute atomic E-state index is 0.0562. The van der Waals surface area contributed by atoms with Gasteiger partial charge in [0.05, 0.1) is 18.5 Å². The van der Waals surface area contributed by atoms with E-state index in [-0.39, 0.29) is 5.91 Å². The second-order valence-electron chi connectivity index (χ2n) is 6.78. The monoisotopic (exact) mass is 334 g/mol. The molecule has 1 heterocycles. The first-order valence-electron chi connectivity index (χ1n) is 9.05. The van der Waals surface area contributed by atoms with Crippen molar-refractivity contribution < 1.29 is 14.3 Å². The fourth-order valence-corrected chi connectivity index (χ4v) is 3.41. The molecule has 0 saturated heterocycles. The predicted octanol–water partition coefficient (Wildman–Crippen LogP) is 4.10. The lowest BCUT2D eigenvalue weighted by atomic mass is 9.78. The number of amides is 1. The van der Waals surface area contributed by atoms with Crippen molar-refractivity contribution in [2.75, 3.05) is 18.5 Å². The summed E-state index contributed by atoms with van der Waals surface area (Å²) in [5.41, 5.74) is 0.903. The molecule has 1 amide bonds. The van der Waals surface area contributed by atoms with Crippen LogP contribution in [0.2, 0.25) is 0 Å². The van der Waals surface area contributed by atoms with Crippen molar-refractivity contribution >= 4 is 11.6 Å². The summed E-state index contributed by atoms with van der Waals surface area (Å²) in [4.78, 5) is 17.2. The van der Waals surface area contributed by atoms with E-state index in [0.717, 1.165) is 37.7 Å². The van der Waals surface area contributed by atoms with Crippen LogP contribution in [0.3, 0.4) is 0 Å². The number of nitrogens with zero attached hydrogens (tertiary/aromatic N) is 1. The Balaban J connectivity index is 2.10. The Morgan fingerprint density at radius 3 is 2.88 bits per heavy atom. The van der Waals surface area contributed by atoms with Gasteiger partial charge in [0.25, 0.3) is 5.91 Å². The van der Waals surface area contributed by atoms with Crippen LogP contribution in [0.4, 0.5) is 5.69 Å². The van der Waals surface area contributed by atoms with Gasteiger partial charge in [-0.2, -0.15) is 0 Å². The van der Waals surface area contributed by atoms with Gasteiger partial charge >= 0.3 is 0 Å². The SMILES string of the molecule is CCCOc1ncc(NC(=O)[C@@]2(OCC)CCC[C@@H](C)C2)cc1C. The minimum Gasteiger partial charge on any atom is -0.477 e. The zero-order valence-corrected chi connectivity index (χ0v) is 15.4. The lowest BCUT2D eigenvalue weighted by Crippen LogP contribution is -2.48. The molecule has 0 unspecified atom stereocenters. The van der Waals surface area contributed by atoms with Gasteiger partial charge in [-0.25, -0.2) is 4.98 Å². The molecule has 0 radical (unpaired) electrons. The molecular weight excluding hydrogens is 304 g/mol. The molecule has 1 aliphatic carbocycles. The Hall–Kier alpha value is -1.62. The molecule has 1 aliphatic rings. The molecule has 2 rings (SSSR count). The number of hydrogen-bond donors (Lipinski definition) is 1. The lowest BCUT2D eigenvalue weighted by molar-refractivity contribution is -0.147. The Morgan fingerprint density at radius 2 is 2.25 bits per heavy atom. The van der Waals surface area contributed by atoms with Crippen molar-refractivity contribution in [2.24, 2.45) is 5.92 Å². The van der Waals surface area contributed by atoms with Gasteiger partial charge in [0.2, 0.25) is 5.88 Å². The van der Waals surface area contributed by atoms with Crippen molar-refractivity contribution in [3.05, 3.63) is 17.8 Å². The van der Waals surface area contributed by atoms with Gasteiger partial charge in [-0.3, -0.25) is 4.79 Å². The van der Waals surface area contributed by atoms with Crippen molar-refractivity contribution in [1.29, 1.82) is 0 Å². The van der Waals surface area contributed by atoms with E-state index >= 15 is 0 Å². The predicted molar refractivity (Wildman–Crippen MR) is 95.4 cm³/mol. The van der Waals surface area contributed by atoms with E-state index in [0.29, 0.717) is 30.7 Å². The molecule has 1 aromatic heterocycles. The minimum atomic E-state index is -0.711. The third-order valence-electron chi connectivity index (χ3n) is 4.52. The fourth-order valence-electron chi connectivity index (χ4n) is 3.41. The van der Waals surface area contributed by atoms with E-state index < -0.39 is 5.60 Å². The molecule has 1 fully saturated rings. The van der Waals surface area contributed by atoms with Crippen LogP contribution in [0, 0.1) is 12.8 Å². The van der Waals surface area contributed by atoms with Crippen LogP contribution in [0.15, 0.2) is 12.3 Å². The highest BCUT2D eigenvalue weighted by atomic mass is 16.5. The van der Waals surface area contributed by atoms with Crippen molar-refractivity contribution in [2.45, 2.75) is 65.4 Å². The highest BCUT2D eigenvalue weighted by molar-refractivity contribution is 5.97. The number of ether oxygens (including phenoxy) is 2. The number of carbonyl (C=O) groups excluding carboxylic acids is 1. The molecule has 1 saturated carbocycles. The van der Waals surface area contributed by atoms with Gasteiger partial charge in [-0.15, -0.1) is 0 Å². The Bertz CT molecular complexity index is 558. The summed E-state index contributed by atoms with van der Waals surface area (Å²) in [6.45, 7) is 9.31. The third-order valence-corrected chi connectivity index (χ3v) is 4.52. The van der Waals surface area contributed by atoms with Crippen LogP contribution in [-0.2, 0) is 9.53 Å². The van der Waals surface area contributed by atoms with Crippen LogP contribution < -0.4 is 10.1 Å². The van der Waals surface area contributed by atoms with E-state index in [4.69, 9.17) is 9.47 Å². The number of nitrogens with one attached hydrogen (secondary N) is 1. The molecule has 0 aliphatic heterocycles. The summed E-state index contributed by atoms with van der Waals surface area (Å²) in [5.74, 6) is 1.07. The molecule has 0 aromatic carbocycles. The summed E-state index contributed by atoms with van der Waals surface area (Å²) in [5, 5.41) is 3.00. The number of rotatable bonds is 7. The smallest absolute Gasteiger partial charge is 0.256 e. The fraction of sp³-hybridized carbons (Fsp3) is 0.684. The molecule has 0 bridgehead atoms. The molecule has 5 heteroatoms. The molecule has 1 N–H and O–H groups in total. The topological polar surface area (TPSA) is 60.5 Å². The van der Waals surface area contributed by atoms with Gasteiger partial charge < -0.3 is 14.8 Å². The summed E-state index contributed by atoms with van der Waals surface area (Å²) < 4.78 is 11.5. The van der Waals surface area contributed by atoms with E-state index in [9.17, 15) is 4.79 Å². The number of aromatic nitrogens is 1. The highest BCUT2D eigenvalue weighted by Crippen LogP contribution is 2.36. The van der Waals surface area contributed by atoms with Crippen LogP contribution >= 0.6 is 0 Å². The maximum atomic E-state index is 12.9. The second kappa shape index (κ2) is 8.47. The van der Waals surface area contributed by atoms with E-state index in [1.807, 2.05) is 19.9 Å². The zero-order valence-electron chi connectivity index (χ0n) is 15.4. The molecule has 134 valence electrons. The number of anilines is 1. The van der Waals surface area contributed by atoms with Crippen molar-refractivity contribution in [1.82, 2.24) is 4.98 Å². The molecule has 1 aromatic rings. The normalized spacial score (nSPS) is 23.8. The number of carbonyl (C=O) groups is 1. The number of aryl methyl sites for hydroxylation is 1. The van der Waals surface area contributed by atoms with E-state index in [1.165, 1.54) is 0 Å². The van der Waals surface area contributed by atoms with Gasteiger partial charge in [0, 0.05) is 12.2 Å². The van der Waals surface area contributed by atoms with E-state index in [1.54, 1.807) is 6.20 Å². The quantitative estimate of drug-likeness (QED) is 0.815. The molecule has 2 atom stereocenters. The molecule has 5 nitrogen and oxygen atoms in total. The summed E-state index contributed by atoms with van der Waals surface area (Å²) in [6, 6.07) is 1.90.